The van der Waals surface area contributed by atoms with E-state index in [2.05, 4.69) is 26.2 Å². The van der Waals surface area contributed by atoms with Crippen LogP contribution in [0.2, 0.25) is 0 Å². The largest absolute Gasteiger partial charge is 0.375 e. The van der Waals surface area contributed by atoms with Crippen LogP contribution in [0.1, 0.15) is 40.0 Å². The highest BCUT2D eigenvalue weighted by atomic mass is 16.7. The van der Waals surface area contributed by atoms with Crippen LogP contribution in [0.25, 0.3) is 5.43 Å². The van der Waals surface area contributed by atoms with Gasteiger partial charge in [-0.2, -0.15) is 0 Å². The standard InChI is InChI=1S/C10H17N2O2/c1-9(2)7-4-5-10(9,3)8(6-7)11-12(13)14/h7-8H,4-6H2,1-3H3/q-1. The van der Waals surface area contributed by atoms with Crippen molar-refractivity contribution in [3.63, 3.8) is 0 Å². The van der Waals surface area contributed by atoms with Gasteiger partial charge >= 0.3 is 0 Å². The van der Waals surface area contributed by atoms with E-state index < -0.39 is 5.03 Å². The molecular formula is C10H17N2O2-. The predicted octanol–water partition coefficient (Wildman–Crippen LogP) is 2.77. The first-order chi connectivity index (χ1) is 6.38. The Bertz CT molecular complexity index is 277. The van der Waals surface area contributed by atoms with E-state index in [1.807, 2.05) is 0 Å². The van der Waals surface area contributed by atoms with E-state index in [0.717, 1.165) is 12.8 Å². The summed E-state index contributed by atoms with van der Waals surface area (Å²) in [6.07, 6.45) is 3.21. The molecule has 3 unspecified atom stereocenters. The highest BCUT2D eigenvalue weighted by Crippen LogP contribution is 2.66. The lowest BCUT2D eigenvalue weighted by Crippen LogP contribution is -2.35. The van der Waals surface area contributed by atoms with E-state index in [1.165, 1.54) is 6.42 Å². The van der Waals surface area contributed by atoms with Gasteiger partial charge < -0.3 is 5.43 Å². The molecule has 0 heterocycles. The molecule has 0 saturated heterocycles. The second-order valence-corrected chi connectivity index (χ2v) is 5.48. The molecule has 0 amide bonds. The number of hydrogen-bond acceptors (Lipinski definition) is 2. The van der Waals surface area contributed by atoms with Gasteiger partial charge in [0, 0.05) is 0 Å². The molecule has 0 N–H and O–H groups in total. The number of fused-ring (bicyclic) bond motifs is 2. The molecular weight excluding hydrogens is 180 g/mol. The highest BCUT2D eigenvalue weighted by molar-refractivity contribution is 5.16. The van der Waals surface area contributed by atoms with Crippen molar-refractivity contribution in [1.29, 1.82) is 0 Å². The minimum absolute atomic E-state index is 0.0464. The third kappa shape index (κ3) is 0.996. The molecule has 0 aliphatic heterocycles. The summed E-state index contributed by atoms with van der Waals surface area (Å²) >= 11 is 0. The summed E-state index contributed by atoms with van der Waals surface area (Å²) in [5.41, 5.74) is 3.91. The fraction of sp³-hybridized carbons (Fsp3) is 1.00. The van der Waals surface area contributed by atoms with Crippen LogP contribution in [0.15, 0.2) is 0 Å². The van der Waals surface area contributed by atoms with Crippen LogP contribution in [0.3, 0.4) is 0 Å². The van der Waals surface area contributed by atoms with Gasteiger partial charge in [0.05, 0.1) is 0 Å². The summed E-state index contributed by atoms with van der Waals surface area (Å²) in [4.78, 5) is 10.4. The maximum absolute atomic E-state index is 10.4. The van der Waals surface area contributed by atoms with Crippen molar-refractivity contribution in [2.75, 3.05) is 0 Å². The summed E-state index contributed by atoms with van der Waals surface area (Å²) in [6, 6.07) is -0.0637. The Labute approximate surface area is 84.2 Å². The second-order valence-electron chi connectivity index (χ2n) is 5.48. The minimum Gasteiger partial charge on any atom is -0.375 e. The van der Waals surface area contributed by atoms with E-state index in [-0.39, 0.29) is 16.9 Å². The van der Waals surface area contributed by atoms with Crippen LogP contribution in [0.5, 0.6) is 0 Å². The first kappa shape index (κ1) is 9.74. The summed E-state index contributed by atoms with van der Waals surface area (Å²) < 4.78 is 0. The van der Waals surface area contributed by atoms with Gasteiger partial charge in [0.25, 0.3) is 0 Å². The highest BCUT2D eigenvalue weighted by Gasteiger charge is 2.59. The normalized spacial score (nSPS) is 43.9. The van der Waals surface area contributed by atoms with Crippen molar-refractivity contribution in [2.45, 2.75) is 46.1 Å². The fourth-order valence-corrected chi connectivity index (χ4v) is 3.45. The van der Waals surface area contributed by atoms with E-state index in [9.17, 15) is 10.1 Å². The van der Waals surface area contributed by atoms with Gasteiger partial charge in [0.1, 0.15) is 0 Å². The van der Waals surface area contributed by atoms with Crippen molar-refractivity contribution >= 4 is 0 Å². The quantitative estimate of drug-likeness (QED) is 0.505. The molecule has 2 fully saturated rings. The Morgan fingerprint density at radius 2 is 2.07 bits per heavy atom. The molecule has 2 aliphatic carbocycles. The summed E-state index contributed by atoms with van der Waals surface area (Å²) in [7, 11) is 0. The van der Waals surface area contributed by atoms with Crippen molar-refractivity contribution in [3.05, 3.63) is 15.5 Å². The van der Waals surface area contributed by atoms with Crippen LogP contribution in [0, 0.1) is 26.9 Å². The maximum atomic E-state index is 10.4. The van der Waals surface area contributed by atoms with Crippen LogP contribution < -0.4 is 0 Å². The Kier molecular flexibility index (Phi) is 1.82. The molecule has 2 saturated carbocycles. The van der Waals surface area contributed by atoms with E-state index in [4.69, 9.17) is 0 Å². The van der Waals surface area contributed by atoms with Crippen molar-refractivity contribution in [1.82, 2.24) is 0 Å². The average molecular weight is 197 g/mol. The monoisotopic (exact) mass is 197 g/mol. The molecule has 2 rings (SSSR count). The molecule has 0 aromatic rings. The van der Waals surface area contributed by atoms with Crippen molar-refractivity contribution in [2.24, 2.45) is 16.7 Å². The first-order valence-corrected chi connectivity index (χ1v) is 5.23. The lowest BCUT2D eigenvalue weighted by molar-refractivity contribution is -0.433. The zero-order valence-corrected chi connectivity index (χ0v) is 8.99. The third-order valence-electron chi connectivity index (χ3n) is 4.98. The molecule has 4 heteroatoms. The molecule has 80 valence electrons. The SMILES string of the molecule is CC1(C)C2CCC1(C)C([N-][N+](=O)[O-])C2. The Morgan fingerprint density at radius 1 is 1.43 bits per heavy atom. The zero-order chi connectivity index (χ0) is 10.6. The fourth-order valence-electron chi connectivity index (χ4n) is 3.45. The second kappa shape index (κ2) is 2.61. The lowest BCUT2D eigenvalue weighted by atomic mass is 9.69. The van der Waals surface area contributed by atoms with Crippen LogP contribution in [-0.4, -0.2) is 11.1 Å². The molecule has 0 radical (unpaired) electrons. The Balaban J connectivity index is 2.23. The summed E-state index contributed by atoms with van der Waals surface area (Å²) in [6.45, 7) is 6.64. The third-order valence-corrected chi connectivity index (χ3v) is 4.98. The molecule has 0 aromatic carbocycles. The van der Waals surface area contributed by atoms with Crippen molar-refractivity contribution in [3.8, 4) is 0 Å². The van der Waals surface area contributed by atoms with Gasteiger partial charge in [-0.15, -0.1) is 0 Å². The Morgan fingerprint density at radius 3 is 2.43 bits per heavy atom. The number of nitro groups is 1. The van der Waals surface area contributed by atoms with Crippen LogP contribution in [-0.2, 0) is 0 Å². The topological polar surface area (TPSA) is 57.2 Å². The maximum Gasteiger partial charge on any atom is -0.0124 e. The van der Waals surface area contributed by atoms with Gasteiger partial charge in [-0.3, -0.25) is 10.1 Å². The van der Waals surface area contributed by atoms with E-state index >= 15 is 0 Å². The van der Waals surface area contributed by atoms with Gasteiger partial charge in [-0.25, -0.2) is 0 Å². The van der Waals surface area contributed by atoms with Gasteiger partial charge in [-0.05, 0) is 34.6 Å². The number of hydrogen-bond donors (Lipinski definition) is 0. The molecule has 14 heavy (non-hydrogen) atoms. The molecule has 2 bridgehead atoms. The smallest absolute Gasteiger partial charge is 0.0124 e. The van der Waals surface area contributed by atoms with E-state index in [1.54, 1.807) is 0 Å². The first-order valence-electron chi connectivity index (χ1n) is 5.23. The van der Waals surface area contributed by atoms with Gasteiger partial charge in [0.2, 0.25) is 0 Å². The molecule has 2 aliphatic rings. The van der Waals surface area contributed by atoms with Gasteiger partial charge in [-0.1, -0.05) is 33.2 Å². The molecule has 0 spiro atoms. The minimum atomic E-state index is -0.507. The summed E-state index contributed by atoms with van der Waals surface area (Å²) in [5.74, 6) is 0.626. The average Bonchev–Trinajstić information content (AvgIpc) is 2.35. The Hall–Kier alpha value is -0.800. The number of nitrogens with zero attached hydrogens (tertiary/aromatic N) is 2. The molecule has 0 aromatic heterocycles. The zero-order valence-electron chi connectivity index (χ0n) is 8.99. The van der Waals surface area contributed by atoms with Crippen LogP contribution in [0.4, 0.5) is 0 Å². The van der Waals surface area contributed by atoms with Crippen molar-refractivity contribution < 1.29 is 5.03 Å². The van der Waals surface area contributed by atoms with Crippen LogP contribution >= 0.6 is 0 Å². The molecule has 4 nitrogen and oxygen atoms in total. The lowest BCUT2D eigenvalue weighted by Gasteiger charge is -2.42. The predicted molar refractivity (Wildman–Crippen MR) is 53.4 cm³/mol. The van der Waals surface area contributed by atoms with Gasteiger partial charge in [0.15, 0.2) is 0 Å². The molecule has 3 atom stereocenters. The summed E-state index contributed by atoms with van der Waals surface area (Å²) in [5, 5.41) is 9.92. The van der Waals surface area contributed by atoms with E-state index in [0.29, 0.717) is 5.92 Å². The number of rotatable bonds is 2.